The maximum Gasteiger partial charge on any atom is 0.0459 e. The van der Waals surface area contributed by atoms with Crippen LogP contribution in [0.15, 0.2) is 18.2 Å². The minimum Gasteiger partial charge on any atom is -0.316 e. The number of halogens is 2. The van der Waals surface area contributed by atoms with Crippen molar-refractivity contribution < 1.29 is 0 Å². The minimum atomic E-state index is 0.0911. The summed E-state index contributed by atoms with van der Waals surface area (Å²) in [5, 5.41) is 5.21. The maximum atomic E-state index is 6.45. The zero-order valence-electron chi connectivity index (χ0n) is 12.9. The number of benzene rings is 1. The monoisotopic (exact) mass is 313 g/mol. The smallest absolute Gasteiger partial charge is 0.0459 e. The highest BCUT2D eigenvalue weighted by Crippen LogP contribution is 2.57. The van der Waals surface area contributed by atoms with Crippen molar-refractivity contribution in [1.82, 2.24) is 5.32 Å². The van der Waals surface area contributed by atoms with Crippen LogP contribution in [0.4, 0.5) is 0 Å². The summed E-state index contributed by atoms with van der Waals surface area (Å²) in [7, 11) is 0. The van der Waals surface area contributed by atoms with Crippen LogP contribution in [-0.4, -0.2) is 13.1 Å². The van der Waals surface area contributed by atoms with Crippen LogP contribution in [0, 0.1) is 11.3 Å². The van der Waals surface area contributed by atoms with Crippen LogP contribution in [0.1, 0.15) is 46.1 Å². The van der Waals surface area contributed by atoms with Crippen molar-refractivity contribution >= 4 is 23.2 Å². The van der Waals surface area contributed by atoms with Gasteiger partial charge in [-0.15, -0.1) is 0 Å². The van der Waals surface area contributed by atoms with Crippen molar-refractivity contribution in [3.05, 3.63) is 33.8 Å². The van der Waals surface area contributed by atoms with E-state index < -0.39 is 0 Å². The molecule has 0 unspecified atom stereocenters. The fraction of sp³-hybridized carbons (Fsp3) is 0.647. The summed E-state index contributed by atoms with van der Waals surface area (Å²) >= 11 is 12.9. The molecule has 0 amide bonds. The molecule has 0 saturated heterocycles. The van der Waals surface area contributed by atoms with Gasteiger partial charge in [0.1, 0.15) is 0 Å². The van der Waals surface area contributed by atoms with E-state index in [9.17, 15) is 0 Å². The molecule has 0 atom stereocenters. The molecule has 0 radical (unpaired) electrons. The fourth-order valence-corrected chi connectivity index (χ4v) is 4.57. The Morgan fingerprint density at radius 1 is 1.15 bits per heavy atom. The van der Waals surface area contributed by atoms with Gasteiger partial charge in [0.2, 0.25) is 0 Å². The fourth-order valence-electron chi connectivity index (χ4n) is 3.78. The first-order valence-electron chi connectivity index (χ1n) is 7.41. The van der Waals surface area contributed by atoms with Gasteiger partial charge in [0.15, 0.2) is 0 Å². The quantitative estimate of drug-likeness (QED) is 0.778. The van der Waals surface area contributed by atoms with Crippen LogP contribution in [0.5, 0.6) is 0 Å². The van der Waals surface area contributed by atoms with E-state index in [0.717, 1.165) is 41.5 Å². The lowest BCUT2D eigenvalue weighted by Crippen LogP contribution is -2.53. The lowest BCUT2D eigenvalue weighted by Gasteiger charge is -2.54. The minimum absolute atomic E-state index is 0.0911. The Kier molecular flexibility index (Phi) is 4.73. The van der Waals surface area contributed by atoms with E-state index in [1.54, 1.807) is 0 Å². The number of nitrogens with one attached hydrogen (secondary N) is 1. The Hall–Kier alpha value is -0.240. The predicted octanol–water partition coefficient (Wildman–Crippen LogP) is 5.30. The second kappa shape index (κ2) is 5.87. The first kappa shape index (κ1) is 16.1. The highest BCUT2D eigenvalue weighted by atomic mass is 35.5. The van der Waals surface area contributed by atoms with E-state index in [2.05, 4.69) is 33.0 Å². The summed E-state index contributed by atoms with van der Waals surface area (Å²) in [5.74, 6) is 0.654. The summed E-state index contributed by atoms with van der Waals surface area (Å²) in [6.07, 6.45) is 2.27. The summed E-state index contributed by atoms with van der Waals surface area (Å²) in [4.78, 5) is 0. The molecule has 0 bridgehead atoms. The summed E-state index contributed by atoms with van der Waals surface area (Å²) in [6.45, 7) is 11.1. The van der Waals surface area contributed by atoms with E-state index in [0.29, 0.717) is 11.3 Å². The summed E-state index contributed by atoms with van der Waals surface area (Å²) < 4.78 is 0. The Morgan fingerprint density at radius 3 is 2.15 bits per heavy atom. The second-order valence-corrected chi connectivity index (χ2v) is 8.23. The Bertz CT molecular complexity index is 452. The molecule has 1 N–H and O–H groups in total. The lowest BCUT2D eigenvalue weighted by molar-refractivity contribution is 0.0560. The number of hydrogen-bond donors (Lipinski definition) is 1. The average molecular weight is 314 g/mol. The topological polar surface area (TPSA) is 12.0 Å². The highest BCUT2D eigenvalue weighted by molar-refractivity contribution is 6.36. The van der Waals surface area contributed by atoms with Crippen molar-refractivity contribution in [2.24, 2.45) is 11.3 Å². The van der Waals surface area contributed by atoms with Crippen molar-refractivity contribution in [2.75, 3.05) is 13.1 Å². The molecule has 1 fully saturated rings. The molecular weight excluding hydrogens is 289 g/mol. The molecule has 1 aliphatic rings. The summed E-state index contributed by atoms with van der Waals surface area (Å²) in [5.41, 5.74) is 1.61. The van der Waals surface area contributed by atoms with Gasteiger partial charge in [-0.05, 0) is 48.4 Å². The SMILES string of the molecule is CC(C)CNCC1(c2c(Cl)cccc2Cl)CC(C)(C)C1. The normalized spacial score (nSPS) is 19.9. The third-order valence-electron chi connectivity index (χ3n) is 4.14. The molecule has 1 aromatic rings. The maximum absolute atomic E-state index is 6.45. The third-order valence-corrected chi connectivity index (χ3v) is 4.77. The van der Waals surface area contributed by atoms with Crippen molar-refractivity contribution in [3.8, 4) is 0 Å². The van der Waals surface area contributed by atoms with Gasteiger partial charge in [0.05, 0.1) is 0 Å². The molecular formula is C17H25Cl2N. The van der Waals surface area contributed by atoms with E-state index in [1.165, 1.54) is 0 Å². The average Bonchev–Trinajstić information content (AvgIpc) is 2.25. The molecule has 2 rings (SSSR count). The van der Waals surface area contributed by atoms with Crippen molar-refractivity contribution in [2.45, 2.75) is 46.0 Å². The van der Waals surface area contributed by atoms with Gasteiger partial charge >= 0.3 is 0 Å². The molecule has 0 spiro atoms. The van der Waals surface area contributed by atoms with Crippen molar-refractivity contribution in [1.29, 1.82) is 0 Å². The van der Waals surface area contributed by atoms with Crippen LogP contribution in [-0.2, 0) is 5.41 Å². The molecule has 0 aliphatic heterocycles. The highest BCUT2D eigenvalue weighted by Gasteiger charge is 2.51. The first-order valence-corrected chi connectivity index (χ1v) is 8.17. The Morgan fingerprint density at radius 2 is 1.70 bits per heavy atom. The van der Waals surface area contributed by atoms with E-state index in [-0.39, 0.29) is 5.41 Å². The van der Waals surface area contributed by atoms with Gasteiger partial charge < -0.3 is 5.32 Å². The molecule has 0 heterocycles. The zero-order valence-corrected chi connectivity index (χ0v) is 14.4. The molecule has 1 nitrogen and oxygen atoms in total. The van der Waals surface area contributed by atoms with Gasteiger partial charge in [-0.1, -0.05) is 57.0 Å². The van der Waals surface area contributed by atoms with Crippen LogP contribution in [0.25, 0.3) is 0 Å². The van der Waals surface area contributed by atoms with Crippen LogP contribution < -0.4 is 5.32 Å². The molecule has 1 aliphatic carbocycles. The number of hydrogen-bond acceptors (Lipinski definition) is 1. The molecule has 0 aromatic heterocycles. The summed E-state index contributed by atoms with van der Waals surface area (Å²) in [6, 6.07) is 5.84. The van der Waals surface area contributed by atoms with E-state index >= 15 is 0 Å². The van der Waals surface area contributed by atoms with Gasteiger partial charge in [0, 0.05) is 22.0 Å². The molecule has 20 heavy (non-hydrogen) atoms. The molecule has 112 valence electrons. The first-order chi connectivity index (χ1) is 9.26. The number of rotatable bonds is 5. The lowest BCUT2D eigenvalue weighted by atomic mass is 9.52. The van der Waals surface area contributed by atoms with Gasteiger partial charge in [0.25, 0.3) is 0 Å². The molecule has 1 saturated carbocycles. The van der Waals surface area contributed by atoms with Gasteiger partial charge in [-0.25, -0.2) is 0 Å². The second-order valence-electron chi connectivity index (χ2n) is 7.42. The largest absolute Gasteiger partial charge is 0.316 e. The zero-order chi connectivity index (χ0) is 15.0. The Labute approximate surface area is 133 Å². The van der Waals surface area contributed by atoms with Crippen LogP contribution in [0.3, 0.4) is 0 Å². The van der Waals surface area contributed by atoms with Crippen molar-refractivity contribution in [3.63, 3.8) is 0 Å². The van der Waals surface area contributed by atoms with E-state index in [1.807, 2.05) is 18.2 Å². The standard InChI is InChI=1S/C17H25Cl2N/c1-12(2)8-20-11-17(9-16(3,4)10-17)15-13(18)6-5-7-14(15)19/h5-7,12,20H,8-11H2,1-4H3. The van der Waals surface area contributed by atoms with Gasteiger partial charge in [-0.3, -0.25) is 0 Å². The van der Waals surface area contributed by atoms with Crippen LogP contribution >= 0.6 is 23.2 Å². The Balaban J connectivity index is 2.24. The molecule has 1 aromatic carbocycles. The predicted molar refractivity (Wildman–Crippen MR) is 88.9 cm³/mol. The van der Waals surface area contributed by atoms with Crippen LogP contribution in [0.2, 0.25) is 10.0 Å². The molecule has 3 heteroatoms. The third kappa shape index (κ3) is 3.32. The van der Waals surface area contributed by atoms with E-state index in [4.69, 9.17) is 23.2 Å². The van der Waals surface area contributed by atoms with Gasteiger partial charge in [-0.2, -0.15) is 0 Å².